The highest BCUT2D eigenvalue weighted by Crippen LogP contribution is 2.23. The van der Waals surface area contributed by atoms with Gasteiger partial charge in [0.05, 0.1) is 0 Å². The highest BCUT2D eigenvalue weighted by molar-refractivity contribution is 5.94. The van der Waals surface area contributed by atoms with Crippen LogP contribution in [0, 0.1) is 0 Å². The highest BCUT2D eigenvalue weighted by Gasteiger charge is 2.27. The molecule has 1 amide bonds. The molecule has 110 valence electrons. The number of hydrogen-bond acceptors (Lipinski definition) is 3. The number of amides is 1. The van der Waals surface area contributed by atoms with Crippen molar-refractivity contribution >= 4 is 5.91 Å². The van der Waals surface area contributed by atoms with Crippen LogP contribution >= 0.6 is 0 Å². The maximum atomic E-state index is 12.6. The summed E-state index contributed by atoms with van der Waals surface area (Å²) in [5.41, 5.74) is 6.24. The molecule has 0 atom stereocenters. The third-order valence-corrected chi connectivity index (χ3v) is 4.13. The van der Waals surface area contributed by atoms with Gasteiger partial charge in [-0.25, -0.2) is 0 Å². The molecule has 0 aromatic carbocycles. The third kappa shape index (κ3) is 3.10. The van der Waals surface area contributed by atoms with Crippen LogP contribution in [0.4, 0.5) is 0 Å². The van der Waals surface area contributed by atoms with Gasteiger partial charge in [0.1, 0.15) is 0 Å². The molecule has 1 saturated carbocycles. The number of aryl methyl sites for hydroxylation is 1. The van der Waals surface area contributed by atoms with E-state index >= 15 is 0 Å². The van der Waals surface area contributed by atoms with Crippen molar-refractivity contribution in [2.75, 3.05) is 6.54 Å². The standard InChI is InChI=1S/C15H23N3O2/c1-3-18(13-6-4-12(16)5-7-13)15(20)11-8-9-17(2)14(19)10-11/h8-10,12-13H,3-7,16H2,1-2H3. The van der Waals surface area contributed by atoms with Crippen LogP contribution in [0.2, 0.25) is 0 Å². The number of carbonyl (C=O) groups excluding carboxylic acids is 1. The molecule has 0 bridgehead atoms. The van der Waals surface area contributed by atoms with Gasteiger partial charge in [-0.1, -0.05) is 0 Å². The first kappa shape index (κ1) is 14.8. The van der Waals surface area contributed by atoms with Crippen LogP contribution in [0.15, 0.2) is 23.1 Å². The van der Waals surface area contributed by atoms with Gasteiger partial charge in [0, 0.05) is 43.5 Å². The first-order valence-corrected chi connectivity index (χ1v) is 7.26. The van der Waals surface area contributed by atoms with E-state index in [-0.39, 0.29) is 23.6 Å². The zero-order valence-corrected chi connectivity index (χ0v) is 12.2. The van der Waals surface area contributed by atoms with E-state index in [0.717, 1.165) is 25.7 Å². The summed E-state index contributed by atoms with van der Waals surface area (Å²) < 4.78 is 1.46. The lowest BCUT2D eigenvalue weighted by Crippen LogP contribution is -2.44. The van der Waals surface area contributed by atoms with Crippen molar-refractivity contribution in [2.45, 2.75) is 44.7 Å². The van der Waals surface area contributed by atoms with E-state index in [1.165, 1.54) is 10.6 Å². The van der Waals surface area contributed by atoms with E-state index in [0.29, 0.717) is 12.1 Å². The van der Waals surface area contributed by atoms with Crippen molar-refractivity contribution in [3.63, 3.8) is 0 Å². The van der Waals surface area contributed by atoms with Gasteiger partial charge < -0.3 is 15.2 Å². The Labute approximate surface area is 119 Å². The SMILES string of the molecule is CCN(C(=O)c1ccn(C)c(=O)c1)C1CCC(N)CC1. The number of rotatable bonds is 3. The van der Waals surface area contributed by atoms with E-state index in [1.807, 2.05) is 11.8 Å². The molecular formula is C15H23N3O2. The lowest BCUT2D eigenvalue weighted by Gasteiger charge is -2.35. The first-order chi connectivity index (χ1) is 9.52. The molecule has 0 unspecified atom stereocenters. The number of carbonyl (C=O) groups is 1. The Balaban J connectivity index is 2.16. The normalized spacial score (nSPS) is 22.6. The second kappa shape index (κ2) is 6.22. The van der Waals surface area contributed by atoms with E-state index in [1.54, 1.807) is 19.3 Å². The fourth-order valence-electron chi connectivity index (χ4n) is 2.83. The van der Waals surface area contributed by atoms with Gasteiger partial charge in [-0.3, -0.25) is 9.59 Å². The Bertz CT molecular complexity index is 530. The molecule has 0 aliphatic heterocycles. The molecule has 1 heterocycles. The molecule has 0 saturated heterocycles. The van der Waals surface area contributed by atoms with Gasteiger partial charge >= 0.3 is 0 Å². The Morgan fingerprint density at radius 2 is 2.05 bits per heavy atom. The number of pyridine rings is 1. The molecule has 1 aromatic rings. The van der Waals surface area contributed by atoms with Gasteiger partial charge in [-0.2, -0.15) is 0 Å². The number of nitrogens with zero attached hydrogens (tertiary/aromatic N) is 2. The Morgan fingerprint density at radius 1 is 1.40 bits per heavy atom. The van der Waals surface area contributed by atoms with E-state index in [4.69, 9.17) is 5.73 Å². The Morgan fingerprint density at radius 3 is 2.60 bits per heavy atom. The lowest BCUT2D eigenvalue weighted by atomic mass is 9.90. The maximum absolute atomic E-state index is 12.6. The highest BCUT2D eigenvalue weighted by atomic mass is 16.2. The average Bonchev–Trinajstić information content (AvgIpc) is 2.44. The zero-order chi connectivity index (χ0) is 14.7. The smallest absolute Gasteiger partial charge is 0.254 e. The van der Waals surface area contributed by atoms with E-state index in [2.05, 4.69) is 0 Å². The fraction of sp³-hybridized carbons (Fsp3) is 0.600. The monoisotopic (exact) mass is 277 g/mol. The van der Waals surface area contributed by atoms with Crippen LogP contribution in [0.1, 0.15) is 43.0 Å². The second-order valence-corrected chi connectivity index (χ2v) is 5.52. The predicted molar refractivity (Wildman–Crippen MR) is 78.6 cm³/mol. The lowest BCUT2D eigenvalue weighted by molar-refractivity contribution is 0.0640. The molecule has 20 heavy (non-hydrogen) atoms. The fourth-order valence-corrected chi connectivity index (χ4v) is 2.83. The number of aromatic nitrogens is 1. The van der Waals surface area contributed by atoms with E-state index < -0.39 is 0 Å². The van der Waals surface area contributed by atoms with Crippen molar-refractivity contribution < 1.29 is 4.79 Å². The molecule has 2 rings (SSSR count). The number of nitrogens with two attached hydrogens (primary N) is 1. The minimum atomic E-state index is -0.155. The summed E-state index contributed by atoms with van der Waals surface area (Å²) in [5.74, 6) is -0.0503. The van der Waals surface area contributed by atoms with E-state index in [9.17, 15) is 9.59 Å². The van der Waals surface area contributed by atoms with Crippen LogP contribution in [0.3, 0.4) is 0 Å². The van der Waals surface area contributed by atoms with Gasteiger partial charge in [-0.05, 0) is 38.7 Å². The predicted octanol–water partition coefficient (Wildman–Crippen LogP) is 1.12. The van der Waals surface area contributed by atoms with Crippen molar-refractivity contribution in [2.24, 2.45) is 12.8 Å². The zero-order valence-electron chi connectivity index (χ0n) is 12.2. The third-order valence-electron chi connectivity index (χ3n) is 4.13. The van der Waals surface area contributed by atoms with Crippen LogP contribution in [0.5, 0.6) is 0 Å². The van der Waals surface area contributed by atoms with Crippen molar-refractivity contribution in [3.8, 4) is 0 Å². The van der Waals surface area contributed by atoms with Crippen molar-refractivity contribution in [1.29, 1.82) is 0 Å². The molecule has 5 nitrogen and oxygen atoms in total. The summed E-state index contributed by atoms with van der Waals surface area (Å²) >= 11 is 0. The van der Waals surface area contributed by atoms with Gasteiger partial charge in [-0.15, -0.1) is 0 Å². The summed E-state index contributed by atoms with van der Waals surface area (Å²) in [6.45, 7) is 2.64. The van der Waals surface area contributed by atoms with Gasteiger partial charge in [0.2, 0.25) is 0 Å². The average molecular weight is 277 g/mol. The van der Waals surface area contributed by atoms with Crippen molar-refractivity contribution in [3.05, 3.63) is 34.2 Å². The topological polar surface area (TPSA) is 68.3 Å². The maximum Gasteiger partial charge on any atom is 0.254 e. The van der Waals surface area contributed by atoms with Crippen LogP contribution in [0.25, 0.3) is 0 Å². The quantitative estimate of drug-likeness (QED) is 0.900. The molecule has 0 radical (unpaired) electrons. The Kier molecular flexibility index (Phi) is 4.60. The first-order valence-electron chi connectivity index (χ1n) is 7.26. The van der Waals surface area contributed by atoms with Gasteiger partial charge in [0.15, 0.2) is 0 Å². The molecule has 0 spiro atoms. The molecule has 5 heteroatoms. The van der Waals surface area contributed by atoms with Crippen LogP contribution in [-0.4, -0.2) is 34.0 Å². The van der Waals surface area contributed by atoms with Crippen LogP contribution < -0.4 is 11.3 Å². The summed E-state index contributed by atoms with van der Waals surface area (Å²) in [7, 11) is 1.68. The minimum absolute atomic E-state index is 0.0503. The Hall–Kier alpha value is -1.62. The molecule has 2 N–H and O–H groups in total. The largest absolute Gasteiger partial charge is 0.336 e. The summed E-state index contributed by atoms with van der Waals surface area (Å²) in [6, 6.07) is 3.64. The minimum Gasteiger partial charge on any atom is -0.336 e. The van der Waals surface area contributed by atoms with Crippen molar-refractivity contribution in [1.82, 2.24) is 9.47 Å². The molecular weight excluding hydrogens is 254 g/mol. The van der Waals surface area contributed by atoms with Crippen LogP contribution in [-0.2, 0) is 7.05 Å². The molecule has 1 fully saturated rings. The summed E-state index contributed by atoms with van der Waals surface area (Å²) in [5, 5.41) is 0. The molecule has 1 aromatic heterocycles. The molecule has 1 aliphatic rings. The second-order valence-electron chi connectivity index (χ2n) is 5.52. The van der Waals surface area contributed by atoms with Gasteiger partial charge in [0.25, 0.3) is 11.5 Å². The summed E-state index contributed by atoms with van der Waals surface area (Å²) in [6.07, 6.45) is 5.47. The summed E-state index contributed by atoms with van der Waals surface area (Å²) in [4.78, 5) is 26.1. The number of hydrogen-bond donors (Lipinski definition) is 1. The molecule has 1 aliphatic carbocycles.